The number of aromatic nitrogens is 4. The van der Waals surface area contributed by atoms with Gasteiger partial charge in [0.15, 0.2) is 23.5 Å². The van der Waals surface area contributed by atoms with E-state index in [9.17, 15) is 13.2 Å². The molecule has 2 aliphatic rings. The summed E-state index contributed by atoms with van der Waals surface area (Å²) in [6.07, 6.45) is 2.07. The maximum Gasteiger partial charge on any atom is 0.193 e. The molecule has 10 heteroatoms. The smallest absolute Gasteiger partial charge is 0.193 e. The van der Waals surface area contributed by atoms with Crippen molar-refractivity contribution in [1.29, 1.82) is 0 Å². The lowest BCUT2D eigenvalue weighted by Crippen LogP contribution is -2.35. The van der Waals surface area contributed by atoms with E-state index < -0.39 is 17.7 Å². The minimum Gasteiger partial charge on any atom is -0.497 e. The van der Waals surface area contributed by atoms with Gasteiger partial charge in [-0.15, -0.1) is 10.2 Å². The molecule has 7 nitrogen and oxygen atoms in total. The molecule has 0 bridgehead atoms. The topological polar surface area (TPSA) is 74.4 Å². The van der Waals surface area contributed by atoms with Gasteiger partial charge >= 0.3 is 0 Å². The molecule has 0 N–H and O–H groups in total. The Morgan fingerprint density at radius 2 is 2.06 bits per heavy atom. The molecule has 0 saturated heterocycles. The van der Waals surface area contributed by atoms with Gasteiger partial charge in [-0.1, -0.05) is 6.92 Å². The van der Waals surface area contributed by atoms with Crippen molar-refractivity contribution in [2.75, 3.05) is 7.11 Å². The third-order valence-corrected chi connectivity index (χ3v) is 6.09. The van der Waals surface area contributed by atoms with Gasteiger partial charge in [-0.3, -0.25) is 4.98 Å². The number of hydrogen-bond acceptors (Lipinski definition) is 6. The Bertz CT molecular complexity index is 1360. The van der Waals surface area contributed by atoms with E-state index >= 15 is 0 Å². The molecule has 1 aromatic carbocycles. The molecule has 3 atom stereocenters. The number of benzene rings is 1. The number of rotatable bonds is 5. The number of fused-ring (bicyclic) bond motifs is 2. The van der Waals surface area contributed by atoms with Crippen molar-refractivity contribution in [3.63, 3.8) is 0 Å². The van der Waals surface area contributed by atoms with Crippen molar-refractivity contribution in [3.8, 4) is 11.5 Å². The van der Waals surface area contributed by atoms with Crippen LogP contribution < -0.4 is 9.47 Å². The summed E-state index contributed by atoms with van der Waals surface area (Å²) < 4.78 is 55.5. The van der Waals surface area contributed by atoms with E-state index in [0.29, 0.717) is 40.8 Å². The molecule has 2 aromatic heterocycles. The lowest BCUT2D eigenvalue weighted by molar-refractivity contribution is 0.106. The van der Waals surface area contributed by atoms with Crippen LogP contribution in [0.25, 0.3) is 10.9 Å². The summed E-state index contributed by atoms with van der Waals surface area (Å²) >= 11 is 0. The second-order valence-electron chi connectivity index (χ2n) is 8.51. The monoisotopic (exact) mass is 469 g/mol. The van der Waals surface area contributed by atoms with Gasteiger partial charge in [0.05, 0.1) is 18.3 Å². The van der Waals surface area contributed by atoms with Gasteiger partial charge in [-0.25, -0.2) is 13.2 Å². The Kier molecular flexibility index (Phi) is 5.38. The molecule has 3 aromatic rings. The maximum atomic E-state index is 14.3. The van der Waals surface area contributed by atoms with Gasteiger partial charge in [0.2, 0.25) is 0 Å². The van der Waals surface area contributed by atoms with Crippen LogP contribution in [0.1, 0.15) is 25.5 Å². The third kappa shape index (κ3) is 3.72. The molecule has 176 valence electrons. The van der Waals surface area contributed by atoms with Gasteiger partial charge in [-0.2, -0.15) is 9.78 Å². The first-order valence-corrected chi connectivity index (χ1v) is 10.8. The van der Waals surface area contributed by atoms with Crippen molar-refractivity contribution in [1.82, 2.24) is 19.9 Å². The van der Waals surface area contributed by atoms with E-state index in [4.69, 9.17) is 9.47 Å². The summed E-state index contributed by atoms with van der Waals surface area (Å²) in [7, 11) is 1.59. The van der Waals surface area contributed by atoms with Crippen LogP contribution in [0.2, 0.25) is 0 Å². The average molecular weight is 469 g/mol. The Hall–Kier alpha value is -3.69. The Morgan fingerprint density at radius 3 is 2.82 bits per heavy atom. The predicted molar refractivity (Wildman–Crippen MR) is 120 cm³/mol. The molecule has 5 rings (SSSR count). The zero-order chi connectivity index (χ0) is 24.0. The highest BCUT2D eigenvalue weighted by Crippen LogP contribution is 2.37. The molecular formula is C24H22F3N5O2. The molecule has 34 heavy (non-hydrogen) atoms. The van der Waals surface area contributed by atoms with Crippen LogP contribution in [0.4, 0.5) is 13.2 Å². The zero-order valence-electron chi connectivity index (χ0n) is 18.8. The quantitative estimate of drug-likeness (QED) is 0.543. The normalized spacial score (nSPS) is 24.2. The van der Waals surface area contributed by atoms with Gasteiger partial charge in [0.25, 0.3) is 0 Å². The van der Waals surface area contributed by atoms with Crippen molar-refractivity contribution < 1.29 is 22.6 Å². The molecule has 3 heterocycles. The molecule has 0 amide bonds. The van der Waals surface area contributed by atoms with Crippen LogP contribution in [0.3, 0.4) is 0 Å². The van der Waals surface area contributed by atoms with E-state index in [2.05, 4.69) is 20.3 Å². The second-order valence-corrected chi connectivity index (χ2v) is 8.51. The van der Waals surface area contributed by atoms with Crippen LogP contribution in [0.5, 0.6) is 11.5 Å². The van der Waals surface area contributed by atoms with Crippen molar-refractivity contribution >= 4 is 16.6 Å². The van der Waals surface area contributed by atoms with Crippen LogP contribution in [-0.4, -0.2) is 44.5 Å². The summed E-state index contributed by atoms with van der Waals surface area (Å²) in [6.45, 7) is 2.81. The fourth-order valence-electron chi connectivity index (χ4n) is 4.03. The fraction of sp³-hybridized carbons (Fsp3) is 0.333. The summed E-state index contributed by atoms with van der Waals surface area (Å²) in [5, 5.41) is 13.7. The highest BCUT2D eigenvalue weighted by molar-refractivity contribution is 6.04. The number of hydrogen-bond donors (Lipinski definition) is 0. The molecule has 0 fully saturated rings. The Labute approximate surface area is 193 Å². The van der Waals surface area contributed by atoms with E-state index in [1.807, 2.05) is 25.1 Å². The highest BCUT2D eigenvalue weighted by Gasteiger charge is 2.42. The number of methoxy groups -OCH3 is 1. The molecule has 0 saturated carbocycles. The molecule has 0 radical (unpaired) electrons. The highest BCUT2D eigenvalue weighted by atomic mass is 19.2. The molecule has 0 spiro atoms. The van der Waals surface area contributed by atoms with Crippen LogP contribution in [0.15, 0.2) is 59.1 Å². The van der Waals surface area contributed by atoms with Crippen LogP contribution in [0, 0.1) is 5.92 Å². The van der Waals surface area contributed by atoms with Gasteiger partial charge in [-0.05, 0) is 42.8 Å². The largest absolute Gasteiger partial charge is 0.497 e. The van der Waals surface area contributed by atoms with Crippen molar-refractivity contribution in [2.45, 2.75) is 38.7 Å². The standard InChI is InChI=1S/C24H22F3N5O2/c1-13-8-21-29-30-22(12-34-18-6-7-28-17-11-15(33-3)4-5-16(17)18)32(21)31-23(13)14-9-19(25)24(2,27)20(26)10-14/h4-7,9-11,13,19H,8,12H2,1-3H3. The second kappa shape index (κ2) is 8.27. The first-order chi connectivity index (χ1) is 16.3. The number of halogens is 3. The lowest BCUT2D eigenvalue weighted by Gasteiger charge is -2.28. The van der Waals surface area contributed by atoms with Crippen LogP contribution in [-0.2, 0) is 13.0 Å². The van der Waals surface area contributed by atoms with Gasteiger partial charge in [0, 0.05) is 30.0 Å². The van der Waals surface area contributed by atoms with Gasteiger partial charge in [0.1, 0.15) is 23.9 Å². The molecule has 1 aliphatic carbocycles. The number of pyridine rings is 1. The summed E-state index contributed by atoms with van der Waals surface area (Å²) in [4.78, 5) is 4.34. The maximum absolute atomic E-state index is 14.3. The van der Waals surface area contributed by atoms with Crippen molar-refractivity contribution in [2.24, 2.45) is 11.0 Å². The van der Waals surface area contributed by atoms with E-state index in [1.165, 1.54) is 4.68 Å². The summed E-state index contributed by atoms with van der Waals surface area (Å²) in [5.41, 5.74) is -1.32. The predicted octanol–water partition coefficient (Wildman–Crippen LogP) is 4.67. The van der Waals surface area contributed by atoms with Crippen molar-refractivity contribution in [3.05, 3.63) is 65.7 Å². The Morgan fingerprint density at radius 1 is 1.24 bits per heavy atom. The number of allylic oxidation sites excluding steroid dienone is 4. The average Bonchev–Trinajstić information content (AvgIpc) is 3.21. The number of alkyl halides is 2. The first kappa shape index (κ1) is 22.1. The number of ether oxygens (including phenoxy) is 2. The zero-order valence-corrected chi connectivity index (χ0v) is 18.8. The lowest BCUT2D eigenvalue weighted by atomic mass is 9.86. The SMILES string of the molecule is COc1ccc2c(OCc3nnc4n3N=C(C3=CC(F)C(C)(F)C(F)=C3)C(C)C4)ccnc2c1. The molecule has 1 aliphatic heterocycles. The first-order valence-electron chi connectivity index (χ1n) is 10.8. The third-order valence-electron chi connectivity index (χ3n) is 6.09. The van der Waals surface area contributed by atoms with Crippen LogP contribution >= 0.6 is 0 Å². The Balaban J connectivity index is 1.43. The number of nitrogens with zero attached hydrogens (tertiary/aromatic N) is 5. The minimum absolute atomic E-state index is 0.0564. The molecule has 3 unspecified atom stereocenters. The van der Waals surface area contributed by atoms with E-state index in [0.717, 1.165) is 24.5 Å². The summed E-state index contributed by atoms with van der Waals surface area (Å²) in [6, 6.07) is 7.23. The fourth-order valence-corrected chi connectivity index (χ4v) is 4.03. The van der Waals surface area contributed by atoms with E-state index in [-0.39, 0.29) is 18.1 Å². The van der Waals surface area contributed by atoms with Gasteiger partial charge < -0.3 is 9.47 Å². The molecular weight excluding hydrogens is 447 g/mol. The minimum atomic E-state index is -2.68. The summed E-state index contributed by atoms with van der Waals surface area (Å²) in [5.74, 6) is 0.965. The van der Waals surface area contributed by atoms with E-state index in [1.54, 1.807) is 19.4 Å².